The minimum Gasteiger partial charge on any atom is -0.473 e. The van der Waals surface area contributed by atoms with Crippen molar-refractivity contribution in [2.24, 2.45) is 0 Å². The van der Waals surface area contributed by atoms with Gasteiger partial charge in [0.05, 0.1) is 34.9 Å². The molecule has 0 aliphatic carbocycles. The van der Waals surface area contributed by atoms with Crippen LogP contribution in [0, 0.1) is 19.7 Å². The van der Waals surface area contributed by atoms with Crippen molar-refractivity contribution >= 4 is 50.7 Å². The van der Waals surface area contributed by atoms with Gasteiger partial charge in [0.2, 0.25) is 5.88 Å². The quantitative estimate of drug-likeness (QED) is 0.136. The van der Waals surface area contributed by atoms with Crippen molar-refractivity contribution in [2.45, 2.75) is 52.0 Å². The second kappa shape index (κ2) is 14.0. The van der Waals surface area contributed by atoms with E-state index < -0.39 is 11.9 Å². The van der Waals surface area contributed by atoms with E-state index in [1.165, 1.54) is 10.6 Å². The summed E-state index contributed by atoms with van der Waals surface area (Å²) < 4.78 is 60.2. The number of imidazole rings is 1. The van der Waals surface area contributed by atoms with Gasteiger partial charge >= 0.3 is 6.05 Å². The van der Waals surface area contributed by atoms with Crippen molar-refractivity contribution < 1.29 is 27.4 Å². The monoisotopic (exact) mass is 741 g/mol. The summed E-state index contributed by atoms with van der Waals surface area (Å²) in [5.74, 6) is -0.906. The highest BCUT2D eigenvalue weighted by atomic mass is 35.5. The molecule has 8 rings (SSSR count). The predicted octanol–water partition coefficient (Wildman–Crippen LogP) is 8.18. The van der Waals surface area contributed by atoms with Crippen LogP contribution in [0.2, 0.25) is 5.02 Å². The number of H-pyrrole nitrogens is 1. The predicted molar refractivity (Wildman–Crippen MR) is 196 cm³/mol. The third-order valence-corrected chi connectivity index (χ3v) is 10.0. The highest BCUT2D eigenvalue weighted by Crippen LogP contribution is 2.38. The van der Waals surface area contributed by atoms with Gasteiger partial charge in [-0.05, 0) is 86.4 Å². The number of halogens is 4. The molecular formula is C39H35ClF3N7O3. The van der Waals surface area contributed by atoms with Crippen molar-refractivity contribution in [3.8, 4) is 5.88 Å². The maximum absolute atomic E-state index is 16.5. The van der Waals surface area contributed by atoms with Crippen molar-refractivity contribution in [2.75, 3.05) is 25.0 Å². The molecule has 2 aliphatic heterocycles. The molecule has 3 aromatic heterocycles. The number of amides is 1. The number of aromatic amines is 1. The number of nitrogens with zero attached hydrogens (tertiary/aromatic N) is 5. The van der Waals surface area contributed by atoms with Crippen LogP contribution < -0.4 is 10.1 Å². The van der Waals surface area contributed by atoms with Crippen molar-refractivity contribution in [1.29, 1.82) is 0 Å². The van der Waals surface area contributed by atoms with E-state index in [4.69, 9.17) is 21.1 Å². The lowest BCUT2D eigenvalue weighted by molar-refractivity contribution is -0.160. The second-order valence-electron chi connectivity index (χ2n) is 13.4. The summed E-state index contributed by atoms with van der Waals surface area (Å²) in [6.45, 7) is 4.55. The van der Waals surface area contributed by atoms with Crippen LogP contribution in [0.3, 0.4) is 0 Å². The highest BCUT2D eigenvalue weighted by Gasteiger charge is 2.45. The minimum absolute atomic E-state index is 0.0407. The fourth-order valence-electron chi connectivity index (χ4n) is 6.77. The Morgan fingerprint density at radius 1 is 1.11 bits per heavy atom. The molecular weight excluding hydrogens is 707 g/mol. The Hall–Kier alpha value is -5.24. The molecule has 2 aliphatic rings. The largest absolute Gasteiger partial charge is 0.473 e. The van der Waals surface area contributed by atoms with Gasteiger partial charge in [-0.25, -0.2) is 19.3 Å². The number of hydrogen-bond acceptors (Lipinski definition) is 7. The zero-order valence-electron chi connectivity index (χ0n) is 28.9. The van der Waals surface area contributed by atoms with Crippen molar-refractivity contribution in [3.63, 3.8) is 0 Å². The molecule has 1 saturated heterocycles. The number of alkyl halides is 2. The maximum Gasteiger partial charge on any atom is 0.364 e. The molecule has 0 radical (unpaired) electrons. The van der Waals surface area contributed by atoms with Gasteiger partial charge in [-0.15, -0.1) is 0 Å². The van der Waals surface area contributed by atoms with Crippen LogP contribution in [0.15, 0.2) is 72.8 Å². The number of benzene rings is 3. The minimum atomic E-state index is -3.43. The molecule has 0 bridgehead atoms. The average molecular weight is 742 g/mol. The summed E-state index contributed by atoms with van der Waals surface area (Å²) in [5, 5.41) is 11.3. The lowest BCUT2D eigenvalue weighted by Gasteiger charge is -2.34. The number of aryl methyl sites for hydroxylation is 2. The molecule has 0 spiro atoms. The van der Waals surface area contributed by atoms with E-state index in [0.717, 1.165) is 39.1 Å². The van der Waals surface area contributed by atoms with E-state index >= 15 is 8.78 Å². The standard InChI is InChI=1S/C39H35ClF3N7O3/c1-22-16-26(17-30-23(2)47-48-36(22)30)37(51)44-28-8-9-34-33(19-28)46-38(50(34)20-29-12-15-52-29)39(42,43)49-13-10-24(11-14-49)32-4-3-5-35(45-32)53-21-25-6-7-27(40)18-31(25)41/h3-10,16-19,29H,11-15,20-21H2,1-2H3,(H,44,51)(H,47,48)/t29-/m0/s1. The Balaban J connectivity index is 1.01. The van der Waals surface area contributed by atoms with E-state index in [-0.39, 0.29) is 50.0 Å². The number of nitrogens with one attached hydrogen (secondary N) is 2. The molecule has 2 N–H and O–H groups in total. The molecule has 14 heteroatoms. The lowest BCUT2D eigenvalue weighted by Crippen LogP contribution is -2.44. The summed E-state index contributed by atoms with van der Waals surface area (Å²) in [6.07, 6.45) is 2.61. The Morgan fingerprint density at radius 2 is 1.96 bits per heavy atom. The first-order valence-electron chi connectivity index (χ1n) is 17.3. The van der Waals surface area contributed by atoms with Gasteiger partial charge in [0.1, 0.15) is 12.4 Å². The zero-order chi connectivity index (χ0) is 36.9. The van der Waals surface area contributed by atoms with Crippen LogP contribution in [0.1, 0.15) is 51.5 Å². The van der Waals surface area contributed by atoms with Gasteiger partial charge in [-0.3, -0.25) is 9.89 Å². The van der Waals surface area contributed by atoms with Crippen LogP contribution in [0.5, 0.6) is 5.88 Å². The number of hydrogen-bond donors (Lipinski definition) is 2. The number of fused-ring (bicyclic) bond motifs is 2. The Morgan fingerprint density at radius 3 is 2.72 bits per heavy atom. The molecule has 1 atom stereocenters. The molecule has 1 fully saturated rings. The molecule has 1 amide bonds. The zero-order valence-corrected chi connectivity index (χ0v) is 29.7. The second-order valence-corrected chi connectivity index (χ2v) is 13.8. The van der Waals surface area contributed by atoms with Crippen LogP contribution in [0.25, 0.3) is 27.5 Å². The normalized spacial score (nSPS) is 16.5. The fourth-order valence-corrected chi connectivity index (χ4v) is 6.92. The molecule has 272 valence electrons. The molecule has 5 heterocycles. The molecule has 6 aromatic rings. The Bertz CT molecular complexity index is 2410. The van der Waals surface area contributed by atoms with Gasteiger partial charge in [0, 0.05) is 58.7 Å². The van der Waals surface area contributed by atoms with Gasteiger partial charge < -0.3 is 19.4 Å². The number of aromatic nitrogens is 5. The summed E-state index contributed by atoms with van der Waals surface area (Å²) in [6, 6.07) is 14.7. The Labute approximate surface area is 307 Å². The maximum atomic E-state index is 16.5. The van der Waals surface area contributed by atoms with Gasteiger partial charge in [0.25, 0.3) is 5.91 Å². The first kappa shape index (κ1) is 34.8. The third-order valence-electron chi connectivity index (χ3n) is 9.81. The van der Waals surface area contributed by atoms with E-state index in [1.807, 2.05) is 13.8 Å². The molecule has 3 aromatic carbocycles. The van der Waals surface area contributed by atoms with Crippen LogP contribution in [0.4, 0.5) is 18.9 Å². The first-order valence-corrected chi connectivity index (χ1v) is 17.7. The van der Waals surface area contributed by atoms with E-state index in [1.54, 1.807) is 66.7 Å². The third kappa shape index (κ3) is 6.87. The van der Waals surface area contributed by atoms with E-state index in [0.29, 0.717) is 51.6 Å². The topological polar surface area (TPSA) is 110 Å². The molecule has 10 nitrogen and oxygen atoms in total. The molecule has 0 saturated carbocycles. The van der Waals surface area contributed by atoms with Gasteiger partial charge in [-0.1, -0.05) is 29.8 Å². The number of rotatable bonds is 10. The van der Waals surface area contributed by atoms with Crippen LogP contribution >= 0.6 is 11.6 Å². The summed E-state index contributed by atoms with van der Waals surface area (Å²) in [4.78, 5) is 23.5. The summed E-state index contributed by atoms with van der Waals surface area (Å²) in [5.41, 5.74) is 6.00. The van der Waals surface area contributed by atoms with Crippen LogP contribution in [-0.4, -0.2) is 61.3 Å². The molecule has 0 unspecified atom stereocenters. The van der Waals surface area contributed by atoms with E-state index in [2.05, 4.69) is 25.5 Å². The van der Waals surface area contributed by atoms with Crippen molar-refractivity contribution in [3.05, 3.63) is 118 Å². The average Bonchev–Trinajstić information content (AvgIpc) is 3.70. The SMILES string of the molecule is Cc1[nH]nc2c(C)cc(C(=O)Nc3ccc4c(c3)nc(C(F)(F)N3CC=C(c5cccc(OCc6ccc(Cl)cc6F)n5)CC3)n4C[C@@H]3CCO3)cc12. The number of ether oxygens (including phenoxy) is 2. The summed E-state index contributed by atoms with van der Waals surface area (Å²) in [7, 11) is 0. The number of carbonyl (C=O) groups excluding carboxylic acids is 1. The Kier molecular flexibility index (Phi) is 9.17. The summed E-state index contributed by atoms with van der Waals surface area (Å²) >= 11 is 5.85. The van der Waals surface area contributed by atoms with Gasteiger partial charge in [0.15, 0.2) is 5.82 Å². The van der Waals surface area contributed by atoms with Crippen LogP contribution in [-0.2, 0) is 23.9 Å². The first-order chi connectivity index (χ1) is 25.5. The smallest absolute Gasteiger partial charge is 0.364 e. The number of pyridine rings is 1. The molecule has 53 heavy (non-hydrogen) atoms. The number of anilines is 1. The number of carbonyl (C=O) groups is 1. The fraction of sp³-hybridized carbons (Fsp3) is 0.282. The van der Waals surface area contributed by atoms with Crippen molar-refractivity contribution in [1.82, 2.24) is 29.6 Å². The van der Waals surface area contributed by atoms with E-state index in [9.17, 15) is 9.18 Å². The lowest BCUT2D eigenvalue weighted by atomic mass is 10.0. The highest BCUT2D eigenvalue weighted by molar-refractivity contribution is 6.30. The van der Waals surface area contributed by atoms with Gasteiger partial charge in [-0.2, -0.15) is 13.9 Å².